The van der Waals surface area contributed by atoms with Crippen LogP contribution in [0.4, 0.5) is 18.9 Å². The Morgan fingerprint density at radius 3 is 2.41 bits per heavy atom. The molecule has 11 heteroatoms. The van der Waals surface area contributed by atoms with Gasteiger partial charge in [-0.15, -0.1) is 0 Å². The molecule has 2 heterocycles. The van der Waals surface area contributed by atoms with Crippen molar-refractivity contribution in [2.75, 3.05) is 5.32 Å². The van der Waals surface area contributed by atoms with Crippen molar-refractivity contribution in [2.45, 2.75) is 19.7 Å². The molecule has 0 aliphatic heterocycles. The molecule has 1 N–H and O–H groups in total. The zero-order valence-electron chi connectivity index (χ0n) is 14.7. The number of hydrogen-bond donors (Lipinski definition) is 1. The second-order valence-corrected chi connectivity index (χ2v) is 6.67. The molecule has 29 heavy (non-hydrogen) atoms. The van der Waals surface area contributed by atoms with Gasteiger partial charge in [-0.2, -0.15) is 13.2 Å². The first-order valence-corrected chi connectivity index (χ1v) is 8.81. The Bertz CT molecular complexity index is 1090. The van der Waals surface area contributed by atoms with Gasteiger partial charge in [-0.3, -0.25) is 14.0 Å². The molecule has 0 spiro atoms. The molecular weight excluding hydrogens is 434 g/mol. The zero-order chi connectivity index (χ0) is 21.3. The van der Waals surface area contributed by atoms with Crippen LogP contribution in [0.5, 0.6) is 0 Å². The fourth-order valence-corrected chi connectivity index (χ4v) is 3.22. The van der Waals surface area contributed by atoms with Gasteiger partial charge >= 0.3 is 12.1 Å². The number of esters is 1. The first kappa shape index (κ1) is 20.9. The molecule has 0 bridgehead atoms. The molecule has 3 aromatic rings. The second-order valence-electron chi connectivity index (χ2n) is 5.85. The number of anilines is 1. The molecule has 0 aliphatic rings. The van der Waals surface area contributed by atoms with Gasteiger partial charge in [0.2, 0.25) is 0 Å². The van der Waals surface area contributed by atoms with E-state index in [-0.39, 0.29) is 32.6 Å². The topological polar surface area (TPSA) is 72.7 Å². The summed E-state index contributed by atoms with van der Waals surface area (Å²) in [6.45, 7) is 0.439. The number of alkyl halides is 3. The number of fused-ring (bicyclic) bond motifs is 1. The molecule has 0 radical (unpaired) electrons. The van der Waals surface area contributed by atoms with Crippen LogP contribution in [0.2, 0.25) is 10.0 Å². The number of hydrogen-bond acceptors (Lipinski definition) is 4. The van der Waals surface area contributed by atoms with E-state index in [4.69, 9.17) is 27.9 Å². The number of aromatic nitrogens is 2. The van der Waals surface area contributed by atoms with Crippen LogP contribution in [-0.2, 0) is 22.3 Å². The lowest BCUT2D eigenvalue weighted by molar-refractivity contribution is -0.147. The highest BCUT2D eigenvalue weighted by molar-refractivity contribution is 6.40. The highest BCUT2D eigenvalue weighted by Crippen LogP contribution is 2.34. The van der Waals surface area contributed by atoms with E-state index in [9.17, 15) is 22.8 Å². The van der Waals surface area contributed by atoms with Crippen molar-refractivity contribution in [3.05, 3.63) is 63.5 Å². The van der Waals surface area contributed by atoms with Crippen LogP contribution in [0.1, 0.15) is 28.7 Å². The van der Waals surface area contributed by atoms with Gasteiger partial charge in [-0.25, -0.2) is 4.98 Å². The third-order valence-corrected chi connectivity index (χ3v) is 4.50. The van der Waals surface area contributed by atoms with Crippen molar-refractivity contribution in [1.29, 1.82) is 0 Å². The number of carbonyl (C=O) groups is 2. The number of ether oxygens (including phenoxy) is 1. The maximum Gasteiger partial charge on any atom is 0.435 e. The van der Waals surface area contributed by atoms with E-state index in [1.165, 1.54) is 30.5 Å². The first-order valence-electron chi connectivity index (χ1n) is 8.05. The van der Waals surface area contributed by atoms with Crippen LogP contribution in [-0.4, -0.2) is 21.3 Å². The SMILES string of the molecule is CC(=O)OCc1c(C(F)(F)F)nc2c(NC(=O)c3c(Cl)cccc3Cl)cccn12. The second kappa shape index (κ2) is 7.92. The number of halogens is 5. The minimum Gasteiger partial charge on any atom is -0.459 e. The maximum atomic E-state index is 13.4. The first-order chi connectivity index (χ1) is 13.6. The zero-order valence-corrected chi connectivity index (χ0v) is 16.2. The minimum absolute atomic E-state index is 0.00642. The number of nitrogens with zero attached hydrogens (tertiary/aromatic N) is 2. The van der Waals surface area contributed by atoms with E-state index in [1.807, 2.05) is 0 Å². The lowest BCUT2D eigenvalue weighted by Crippen LogP contribution is -2.14. The highest BCUT2D eigenvalue weighted by atomic mass is 35.5. The molecule has 0 unspecified atom stereocenters. The smallest absolute Gasteiger partial charge is 0.435 e. The third-order valence-electron chi connectivity index (χ3n) is 3.87. The van der Waals surface area contributed by atoms with Gasteiger partial charge in [0.05, 0.1) is 27.0 Å². The molecular formula is C18H12Cl2F3N3O3. The maximum absolute atomic E-state index is 13.4. The van der Waals surface area contributed by atoms with Crippen LogP contribution < -0.4 is 5.32 Å². The fourth-order valence-electron chi connectivity index (χ4n) is 2.65. The van der Waals surface area contributed by atoms with Gasteiger partial charge in [-0.1, -0.05) is 29.3 Å². The summed E-state index contributed by atoms with van der Waals surface area (Å²) in [5, 5.41) is 2.63. The number of rotatable bonds is 4. The van der Waals surface area contributed by atoms with E-state index >= 15 is 0 Å². The lowest BCUT2D eigenvalue weighted by atomic mass is 10.2. The van der Waals surface area contributed by atoms with Crippen LogP contribution in [0.3, 0.4) is 0 Å². The average molecular weight is 446 g/mol. The third kappa shape index (κ3) is 4.30. The summed E-state index contributed by atoms with van der Waals surface area (Å²) >= 11 is 12.0. The number of benzene rings is 1. The number of amides is 1. The predicted molar refractivity (Wildman–Crippen MR) is 100 cm³/mol. The Kier molecular flexibility index (Phi) is 5.72. The van der Waals surface area contributed by atoms with Crippen molar-refractivity contribution >= 4 is 46.4 Å². The van der Waals surface area contributed by atoms with Gasteiger partial charge in [0, 0.05) is 13.1 Å². The van der Waals surface area contributed by atoms with Crippen LogP contribution >= 0.6 is 23.2 Å². The summed E-state index contributed by atoms with van der Waals surface area (Å²) < 4.78 is 46.1. The molecule has 0 fully saturated rings. The van der Waals surface area contributed by atoms with Gasteiger partial charge in [0.1, 0.15) is 6.61 Å². The molecule has 0 aliphatic carbocycles. The largest absolute Gasteiger partial charge is 0.459 e. The number of pyridine rings is 1. The van der Waals surface area contributed by atoms with Crippen LogP contribution in [0.15, 0.2) is 36.5 Å². The van der Waals surface area contributed by atoms with E-state index in [1.54, 1.807) is 6.07 Å². The summed E-state index contributed by atoms with van der Waals surface area (Å²) in [7, 11) is 0. The average Bonchev–Trinajstić information content (AvgIpc) is 3.00. The van der Waals surface area contributed by atoms with E-state index in [0.29, 0.717) is 0 Å². The van der Waals surface area contributed by atoms with Crippen molar-refractivity contribution in [3.63, 3.8) is 0 Å². The molecule has 0 saturated carbocycles. The summed E-state index contributed by atoms with van der Waals surface area (Å²) in [5.41, 5.74) is -1.82. The van der Waals surface area contributed by atoms with Gasteiger partial charge in [-0.05, 0) is 24.3 Å². The predicted octanol–water partition coefficient (Wildman–Crippen LogP) is 4.98. The molecule has 6 nitrogen and oxygen atoms in total. The van der Waals surface area contributed by atoms with Gasteiger partial charge < -0.3 is 10.1 Å². The van der Waals surface area contributed by atoms with Crippen molar-refractivity contribution in [2.24, 2.45) is 0 Å². The standard InChI is InChI=1S/C18H12Cl2F3N3O3/c1-9(27)29-8-13-15(18(21,22)23)25-16-12(6-3-7-26(13)16)24-17(28)14-10(19)4-2-5-11(14)20/h2-7H,8H2,1H3,(H,24,28). The lowest BCUT2D eigenvalue weighted by Gasteiger charge is -2.10. The van der Waals surface area contributed by atoms with E-state index in [2.05, 4.69) is 10.3 Å². The van der Waals surface area contributed by atoms with Crippen LogP contribution in [0.25, 0.3) is 5.65 Å². The van der Waals surface area contributed by atoms with Crippen molar-refractivity contribution in [1.82, 2.24) is 9.38 Å². The molecule has 1 amide bonds. The van der Waals surface area contributed by atoms with E-state index in [0.717, 1.165) is 11.3 Å². The fraction of sp³-hybridized carbons (Fsp3) is 0.167. The minimum atomic E-state index is -4.80. The Hall–Kier alpha value is -2.78. The quantitative estimate of drug-likeness (QED) is 0.575. The summed E-state index contributed by atoms with van der Waals surface area (Å²) in [6.07, 6.45) is -3.48. The molecule has 0 saturated heterocycles. The summed E-state index contributed by atoms with van der Waals surface area (Å²) in [6, 6.07) is 7.25. The highest BCUT2D eigenvalue weighted by Gasteiger charge is 2.38. The van der Waals surface area contributed by atoms with Gasteiger partial charge in [0.15, 0.2) is 11.3 Å². The molecule has 0 atom stereocenters. The normalized spacial score (nSPS) is 11.5. The van der Waals surface area contributed by atoms with Crippen LogP contribution in [0, 0.1) is 0 Å². The van der Waals surface area contributed by atoms with Gasteiger partial charge in [0.25, 0.3) is 5.91 Å². The Labute approximate surface area is 172 Å². The monoisotopic (exact) mass is 445 g/mol. The van der Waals surface area contributed by atoms with E-state index < -0.39 is 30.4 Å². The van der Waals surface area contributed by atoms with Crippen molar-refractivity contribution in [3.8, 4) is 0 Å². The number of nitrogens with one attached hydrogen (secondary N) is 1. The number of imidazole rings is 1. The Morgan fingerprint density at radius 2 is 1.83 bits per heavy atom. The Morgan fingerprint density at radius 1 is 1.17 bits per heavy atom. The molecule has 1 aromatic carbocycles. The molecule has 2 aromatic heterocycles. The Balaban J connectivity index is 2.08. The van der Waals surface area contributed by atoms with Crippen molar-refractivity contribution < 1.29 is 27.5 Å². The summed E-state index contributed by atoms with van der Waals surface area (Å²) in [5.74, 6) is -1.46. The number of carbonyl (C=O) groups excluding carboxylic acids is 2. The molecule has 3 rings (SSSR count). The molecule has 152 valence electrons. The summed E-state index contributed by atoms with van der Waals surface area (Å²) in [4.78, 5) is 27.3.